The Kier molecular flexibility index (Phi) is 4.07. The molecule has 1 aliphatic carbocycles. The van der Waals surface area contributed by atoms with Crippen molar-refractivity contribution < 1.29 is 4.79 Å². The topological polar surface area (TPSA) is 71.2 Å². The van der Waals surface area contributed by atoms with E-state index in [1.165, 1.54) is 24.2 Å². The Morgan fingerprint density at radius 1 is 1.52 bits per heavy atom. The normalized spacial score (nSPS) is 14.8. The average molecular weight is 304 g/mol. The Labute approximate surface area is 128 Å². The van der Waals surface area contributed by atoms with Gasteiger partial charge in [0, 0.05) is 24.7 Å². The standard InChI is InChI=1S/C15H20N4OS/c1-2-19(11-4-5-11)8-7-17-14(20)10-3-6-12-13(9-10)21-15(16)18-12/h3,6,9,11H,2,4-5,7-8H2,1H3,(H2,16,18)(H,17,20). The molecule has 6 heteroatoms. The predicted molar refractivity (Wildman–Crippen MR) is 86.6 cm³/mol. The predicted octanol–water partition coefficient (Wildman–Crippen LogP) is 2.09. The maximum Gasteiger partial charge on any atom is 0.251 e. The fraction of sp³-hybridized carbons (Fsp3) is 0.467. The number of hydrogen-bond acceptors (Lipinski definition) is 5. The maximum absolute atomic E-state index is 12.2. The van der Waals surface area contributed by atoms with Crippen LogP contribution in [-0.2, 0) is 0 Å². The first-order valence-corrected chi connectivity index (χ1v) is 8.17. The highest BCUT2D eigenvalue weighted by molar-refractivity contribution is 7.22. The van der Waals surface area contributed by atoms with Crippen molar-refractivity contribution in [2.75, 3.05) is 25.4 Å². The summed E-state index contributed by atoms with van der Waals surface area (Å²) >= 11 is 1.41. The van der Waals surface area contributed by atoms with Crippen molar-refractivity contribution in [1.29, 1.82) is 0 Å². The lowest BCUT2D eigenvalue weighted by molar-refractivity contribution is 0.0948. The number of carbonyl (C=O) groups is 1. The van der Waals surface area contributed by atoms with E-state index in [0.717, 1.165) is 29.3 Å². The molecule has 0 spiro atoms. The number of aromatic nitrogens is 1. The van der Waals surface area contributed by atoms with E-state index in [1.807, 2.05) is 12.1 Å². The van der Waals surface area contributed by atoms with Crippen LogP contribution >= 0.6 is 11.3 Å². The van der Waals surface area contributed by atoms with Crippen LogP contribution in [0.3, 0.4) is 0 Å². The van der Waals surface area contributed by atoms with Crippen molar-refractivity contribution in [3.8, 4) is 0 Å². The third-order valence-electron chi connectivity index (χ3n) is 3.82. The van der Waals surface area contributed by atoms with Gasteiger partial charge in [-0.1, -0.05) is 18.3 Å². The first-order chi connectivity index (χ1) is 10.2. The van der Waals surface area contributed by atoms with Gasteiger partial charge in [-0.05, 0) is 37.6 Å². The number of hydrogen-bond donors (Lipinski definition) is 2. The van der Waals surface area contributed by atoms with Gasteiger partial charge >= 0.3 is 0 Å². The molecule has 1 aromatic heterocycles. The van der Waals surface area contributed by atoms with Crippen LogP contribution in [0.1, 0.15) is 30.1 Å². The molecule has 1 aliphatic rings. The molecule has 1 saturated carbocycles. The molecule has 21 heavy (non-hydrogen) atoms. The minimum Gasteiger partial charge on any atom is -0.375 e. The van der Waals surface area contributed by atoms with Crippen molar-refractivity contribution in [3.63, 3.8) is 0 Å². The minimum absolute atomic E-state index is 0.0317. The summed E-state index contributed by atoms with van der Waals surface area (Å²) in [4.78, 5) is 18.8. The van der Waals surface area contributed by atoms with E-state index in [1.54, 1.807) is 6.07 Å². The third kappa shape index (κ3) is 3.33. The molecular formula is C15H20N4OS. The monoisotopic (exact) mass is 304 g/mol. The van der Waals surface area contributed by atoms with Crippen LogP contribution in [0.4, 0.5) is 5.13 Å². The molecule has 1 aromatic carbocycles. The van der Waals surface area contributed by atoms with Crippen molar-refractivity contribution in [2.24, 2.45) is 0 Å². The molecule has 3 N–H and O–H groups in total. The van der Waals surface area contributed by atoms with E-state index in [0.29, 0.717) is 17.2 Å². The van der Waals surface area contributed by atoms with Gasteiger partial charge in [0.05, 0.1) is 10.2 Å². The Balaban J connectivity index is 1.58. The molecule has 112 valence electrons. The van der Waals surface area contributed by atoms with Gasteiger partial charge < -0.3 is 11.1 Å². The highest BCUT2D eigenvalue weighted by atomic mass is 32.1. The number of fused-ring (bicyclic) bond motifs is 1. The highest BCUT2D eigenvalue weighted by Gasteiger charge is 2.27. The van der Waals surface area contributed by atoms with Crippen LogP contribution in [0.25, 0.3) is 10.2 Å². The van der Waals surface area contributed by atoms with Gasteiger partial charge in [0.25, 0.3) is 5.91 Å². The molecule has 0 radical (unpaired) electrons. The van der Waals surface area contributed by atoms with Crippen molar-refractivity contribution >= 4 is 32.6 Å². The van der Waals surface area contributed by atoms with Crippen molar-refractivity contribution in [2.45, 2.75) is 25.8 Å². The second-order valence-corrected chi connectivity index (χ2v) is 6.41. The summed E-state index contributed by atoms with van der Waals surface area (Å²) in [5.41, 5.74) is 7.20. The molecule has 1 amide bonds. The van der Waals surface area contributed by atoms with E-state index >= 15 is 0 Å². The summed E-state index contributed by atoms with van der Waals surface area (Å²) in [7, 11) is 0. The Hall–Kier alpha value is -1.66. The lowest BCUT2D eigenvalue weighted by atomic mass is 10.2. The van der Waals surface area contributed by atoms with Crippen LogP contribution < -0.4 is 11.1 Å². The number of likely N-dealkylation sites (N-methyl/N-ethyl adjacent to an activating group) is 1. The fourth-order valence-corrected chi connectivity index (χ4v) is 3.31. The number of nitrogens with two attached hydrogens (primary N) is 1. The molecule has 0 saturated heterocycles. The number of amides is 1. The highest BCUT2D eigenvalue weighted by Crippen LogP contribution is 2.26. The molecule has 0 bridgehead atoms. The number of nitrogens with zero attached hydrogens (tertiary/aromatic N) is 2. The number of rotatable bonds is 6. The minimum atomic E-state index is -0.0317. The largest absolute Gasteiger partial charge is 0.375 e. The quantitative estimate of drug-likeness (QED) is 0.857. The summed E-state index contributed by atoms with van der Waals surface area (Å²) in [6.07, 6.45) is 2.59. The molecule has 1 fully saturated rings. The zero-order valence-corrected chi connectivity index (χ0v) is 12.9. The van der Waals surface area contributed by atoms with Gasteiger partial charge in [0.2, 0.25) is 0 Å². The Morgan fingerprint density at radius 2 is 2.33 bits per heavy atom. The van der Waals surface area contributed by atoms with Gasteiger partial charge in [0.1, 0.15) is 0 Å². The first kappa shape index (κ1) is 14.3. The number of benzene rings is 1. The summed E-state index contributed by atoms with van der Waals surface area (Å²) in [6.45, 7) is 4.82. The van der Waals surface area contributed by atoms with Gasteiger partial charge in [-0.2, -0.15) is 0 Å². The van der Waals surface area contributed by atoms with E-state index in [-0.39, 0.29) is 5.91 Å². The lowest BCUT2D eigenvalue weighted by Crippen LogP contribution is -2.36. The van der Waals surface area contributed by atoms with Crippen LogP contribution in [0.15, 0.2) is 18.2 Å². The molecule has 1 heterocycles. The summed E-state index contributed by atoms with van der Waals surface area (Å²) in [5.74, 6) is -0.0317. The number of thiazole rings is 1. The summed E-state index contributed by atoms with van der Waals surface area (Å²) in [6, 6.07) is 6.25. The number of anilines is 1. The SMILES string of the molecule is CCN(CCNC(=O)c1ccc2nc(N)sc2c1)C1CC1. The molecule has 0 atom stereocenters. The molecule has 0 unspecified atom stereocenters. The zero-order valence-electron chi connectivity index (χ0n) is 12.1. The van der Waals surface area contributed by atoms with E-state index < -0.39 is 0 Å². The van der Waals surface area contributed by atoms with Gasteiger partial charge in [-0.15, -0.1) is 0 Å². The third-order valence-corrected chi connectivity index (χ3v) is 4.67. The Morgan fingerprint density at radius 3 is 3.05 bits per heavy atom. The van der Waals surface area contributed by atoms with Gasteiger partial charge in [-0.3, -0.25) is 9.69 Å². The molecular weight excluding hydrogens is 284 g/mol. The van der Waals surface area contributed by atoms with Crippen molar-refractivity contribution in [3.05, 3.63) is 23.8 Å². The summed E-state index contributed by atoms with van der Waals surface area (Å²) < 4.78 is 0.952. The van der Waals surface area contributed by atoms with Gasteiger partial charge in [-0.25, -0.2) is 4.98 Å². The van der Waals surface area contributed by atoms with Crippen LogP contribution in [0.2, 0.25) is 0 Å². The number of carbonyl (C=O) groups excluding carboxylic acids is 1. The number of nitrogens with one attached hydrogen (secondary N) is 1. The molecule has 5 nitrogen and oxygen atoms in total. The fourth-order valence-electron chi connectivity index (χ4n) is 2.54. The van der Waals surface area contributed by atoms with Crippen LogP contribution in [-0.4, -0.2) is 41.5 Å². The zero-order chi connectivity index (χ0) is 14.8. The van der Waals surface area contributed by atoms with Gasteiger partial charge in [0.15, 0.2) is 5.13 Å². The summed E-state index contributed by atoms with van der Waals surface area (Å²) in [5, 5.41) is 3.52. The first-order valence-electron chi connectivity index (χ1n) is 7.35. The smallest absolute Gasteiger partial charge is 0.251 e. The molecule has 3 rings (SSSR count). The number of nitrogen functional groups attached to an aromatic ring is 1. The van der Waals surface area contributed by atoms with E-state index in [4.69, 9.17) is 5.73 Å². The molecule has 2 aromatic rings. The second kappa shape index (κ2) is 5.99. The van der Waals surface area contributed by atoms with E-state index in [9.17, 15) is 4.79 Å². The average Bonchev–Trinajstić information content (AvgIpc) is 3.23. The van der Waals surface area contributed by atoms with Crippen LogP contribution in [0.5, 0.6) is 0 Å². The van der Waals surface area contributed by atoms with E-state index in [2.05, 4.69) is 22.1 Å². The molecule has 0 aliphatic heterocycles. The lowest BCUT2D eigenvalue weighted by Gasteiger charge is -2.19. The van der Waals surface area contributed by atoms with Crippen LogP contribution in [0, 0.1) is 0 Å². The maximum atomic E-state index is 12.2. The van der Waals surface area contributed by atoms with Crippen molar-refractivity contribution in [1.82, 2.24) is 15.2 Å². The second-order valence-electron chi connectivity index (χ2n) is 5.35. The Bertz CT molecular complexity index is 650.